The van der Waals surface area contributed by atoms with Gasteiger partial charge in [0.25, 0.3) is 5.91 Å². The molecule has 2 aromatic rings. The van der Waals surface area contributed by atoms with Gasteiger partial charge < -0.3 is 10.4 Å². The molecule has 0 spiro atoms. The molecule has 0 unspecified atom stereocenters. The Morgan fingerprint density at radius 2 is 1.95 bits per heavy atom. The van der Waals surface area contributed by atoms with Crippen molar-refractivity contribution in [2.75, 3.05) is 5.32 Å². The van der Waals surface area contributed by atoms with E-state index in [-0.39, 0.29) is 21.8 Å². The molecule has 108 valence electrons. The number of halogens is 2. The second-order valence-corrected chi connectivity index (χ2v) is 4.79. The molecule has 0 aromatic heterocycles. The molecule has 0 saturated carbocycles. The number of rotatable bonds is 3. The van der Waals surface area contributed by atoms with Crippen LogP contribution in [0, 0.1) is 12.7 Å². The molecule has 1 amide bonds. The van der Waals surface area contributed by atoms with Gasteiger partial charge >= 0.3 is 5.97 Å². The first-order valence-electron chi connectivity index (χ1n) is 5.99. The number of carboxylic acids is 1. The van der Waals surface area contributed by atoms with Gasteiger partial charge in [0.05, 0.1) is 16.3 Å². The number of anilines is 1. The van der Waals surface area contributed by atoms with Crippen LogP contribution in [0.1, 0.15) is 26.3 Å². The summed E-state index contributed by atoms with van der Waals surface area (Å²) in [5, 5.41) is 11.5. The zero-order chi connectivity index (χ0) is 15.6. The molecule has 0 aliphatic carbocycles. The Bertz CT molecular complexity index is 731. The number of amides is 1. The summed E-state index contributed by atoms with van der Waals surface area (Å²) < 4.78 is 13.1. The van der Waals surface area contributed by atoms with Crippen molar-refractivity contribution in [1.82, 2.24) is 0 Å². The minimum Gasteiger partial charge on any atom is -0.478 e. The number of carbonyl (C=O) groups excluding carboxylic acids is 1. The third-order valence-corrected chi connectivity index (χ3v) is 3.21. The Morgan fingerprint density at radius 1 is 1.24 bits per heavy atom. The number of hydrogen-bond acceptors (Lipinski definition) is 2. The first-order chi connectivity index (χ1) is 9.90. The second-order valence-electron chi connectivity index (χ2n) is 4.39. The summed E-state index contributed by atoms with van der Waals surface area (Å²) >= 11 is 5.62. The summed E-state index contributed by atoms with van der Waals surface area (Å²) in [5.74, 6) is -2.33. The minimum absolute atomic E-state index is 0.0130. The zero-order valence-electron chi connectivity index (χ0n) is 11.0. The highest BCUT2D eigenvalue weighted by atomic mass is 35.5. The van der Waals surface area contributed by atoms with Gasteiger partial charge in [0.1, 0.15) is 5.82 Å². The highest BCUT2D eigenvalue weighted by Gasteiger charge is 2.16. The van der Waals surface area contributed by atoms with Gasteiger partial charge in [-0.1, -0.05) is 23.7 Å². The fraction of sp³-hybridized carbons (Fsp3) is 0.0667. The van der Waals surface area contributed by atoms with Gasteiger partial charge in [-0.2, -0.15) is 0 Å². The lowest BCUT2D eigenvalue weighted by atomic mass is 10.1. The molecule has 0 saturated heterocycles. The third-order valence-electron chi connectivity index (χ3n) is 2.92. The lowest BCUT2D eigenvalue weighted by Crippen LogP contribution is -2.15. The van der Waals surface area contributed by atoms with E-state index < -0.39 is 17.7 Å². The van der Waals surface area contributed by atoms with Crippen molar-refractivity contribution < 1.29 is 19.1 Å². The van der Waals surface area contributed by atoms with E-state index in [4.69, 9.17) is 11.6 Å². The van der Waals surface area contributed by atoms with Crippen molar-refractivity contribution in [3.63, 3.8) is 0 Å². The Labute approximate surface area is 125 Å². The molecule has 2 rings (SSSR count). The molecule has 4 nitrogen and oxygen atoms in total. The van der Waals surface area contributed by atoms with Gasteiger partial charge in [-0.3, -0.25) is 4.79 Å². The third kappa shape index (κ3) is 3.20. The van der Waals surface area contributed by atoms with E-state index in [9.17, 15) is 19.1 Å². The quantitative estimate of drug-likeness (QED) is 0.907. The van der Waals surface area contributed by atoms with E-state index in [1.807, 2.05) is 0 Å². The van der Waals surface area contributed by atoms with Crippen molar-refractivity contribution in [1.29, 1.82) is 0 Å². The Balaban J connectivity index is 2.34. The van der Waals surface area contributed by atoms with E-state index in [2.05, 4.69) is 5.32 Å². The molecule has 0 radical (unpaired) electrons. The lowest BCUT2D eigenvalue weighted by molar-refractivity contribution is 0.0697. The number of carboxylic acid groups (broad SMARTS) is 1. The number of aromatic carboxylic acids is 1. The van der Waals surface area contributed by atoms with E-state index in [1.54, 1.807) is 19.1 Å². The van der Waals surface area contributed by atoms with Crippen LogP contribution in [0.5, 0.6) is 0 Å². The first-order valence-corrected chi connectivity index (χ1v) is 6.37. The lowest BCUT2D eigenvalue weighted by Gasteiger charge is -2.10. The average molecular weight is 308 g/mol. The van der Waals surface area contributed by atoms with E-state index in [0.29, 0.717) is 5.56 Å². The van der Waals surface area contributed by atoms with Gasteiger partial charge in [-0.15, -0.1) is 0 Å². The Hall–Kier alpha value is -2.40. The SMILES string of the molecule is Cc1cccc(NC(=O)c2ccc(F)c(Cl)c2)c1C(=O)O. The molecule has 0 bridgehead atoms. The molecule has 0 aliphatic heterocycles. The minimum atomic E-state index is -1.14. The van der Waals surface area contributed by atoms with Crippen molar-refractivity contribution in [2.24, 2.45) is 0 Å². The predicted octanol–water partition coefficient (Wildman–Crippen LogP) is 3.74. The summed E-state index contributed by atoms with van der Waals surface area (Å²) in [6.45, 7) is 1.63. The highest BCUT2D eigenvalue weighted by molar-refractivity contribution is 6.31. The van der Waals surface area contributed by atoms with Crippen LogP contribution in [0.3, 0.4) is 0 Å². The molecule has 21 heavy (non-hydrogen) atoms. The van der Waals surface area contributed by atoms with Gasteiger partial charge in [0, 0.05) is 5.56 Å². The van der Waals surface area contributed by atoms with Gasteiger partial charge in [0.15, 0.2) is 0 Å². The normalized spacial score (nSPS) is 10.2. The Kier molecular flexibility index (Phi) is 4.23. The summed E-state index contributed by atoms with van der Waals surface area (Å²) in [7, 11) is 0. The van der Waals surface area contributed by atoms with Crippen LogP contribution in [-0.2, 0) is 0 Å². The van der Waals surface area contributed by atoms with Crippen LogP contribution >= 0.6 is 11.6 Å². The molecule has 0 heterocycles. The summed E-state index contributed by atoms with van der Waals surface area (Å²) in [5.41, 5.74) is 0.851. The van der Waals surface area contributed by atoms with E-state index >= 15 is 0 Å². The average Bonchev–Trinajstić information content (AvgIpc) is 2.41. The molecule has 6 heteroatoms. The number of hydrogen-bond donors (Lipinski definition) is 2. The van der Waals surface area contributed by atoms with Crippen LogP contribution in [0.25, 0.3) is 0 Å². The zero-order valence-corrected chi connectivity index (χ0v) is 11.7. The van der Waals surface area contributed by atoms with Crippen molar-refractivity contribution in [2.45, 2.75) is 6.92 Å². The van der Waals surface area contributed by atoms with Crippen LogP contribution in [0.2, 0.25) is 5.02 Å². The molecule has 2 aromatic carbocycles. The monoisotopic (exact) mass is 307 g/mol. The van der Waals surface area contributed by atoms with Crippen LogP contribution in [0.15, 0.2) is 36.4 Å². The maximum absolute atomic E-state index is 13.1. The van der Waals surface area contributed by atoms with Crippen LogP contribution in [-0.4, -0.2) is 17.0 Å². The van der Waals surface area contributed by atoms with Gasteiger partial charge in [-0.25, -0.2) is 9.18 Å². The molecular weight excluding hydrogens is 297 g/mol. The first kappa shape index (κ1) is 15.0. The van der Waals surface area contributed by atoms with Crippen molar-refractivity contribution in [3.05, 3.63) is 63.9 Å². The predicted molar refractivity (Wildman–Crippen MR) is 77.5 cm³/mol. The summed E-state index contributed by atoms with van der Waals surface area (Å²) in [4.78, 5) is 23.3. The molecule has 2 N–H and O–H groups in total. The topological polar surface area (TPSA) is 66.4 Å². The number of nitrogens with one attached hydrogen (secondary N) is 1. The maximum Gasteiger partial charge on any atom is 0.338 e. The van der Waals surface area contributed by atoms with Crippen LogP contribution in [0.4, 0.5) is 10.1 Å². The van der Waals surface area contributed by atoms with Crippen molar-refractivity contribution >= 4 is 29.2 Å². The number of benzene rings is 2. The highest BCUT2D eigenvalue weighted by Crippen LogP contribution is 2.21. The van der Waals surface area contributed by atoms with Gasteiger partial charge in [-0.05, 0) is 36.8 Å². The van der Waals surface area contributed by atoms with Crippen molar-refractivity contribution in [3.8, 4) is 0 Å². The largest absolute Gasteiger partial charge is 0.478 e. The summed E-state index contributed by atoms with van der Waals surface area (Å²) in [6, 6.07) is 8.28. The fourth-order valence-corrected chi connectivity index (χ4v) is 2.07. The number of aryl methyl sites for hydroxylation is 1. The van der Waals surface area contributed by atoms with Gasteiger partial charge in [0.2, 0.25) is 0 Å². The molecular formula is C15H11ClFNO3. The maximum atomic E-state index is 13.1. The van der Waals surface area contributed by atoms with Crippen LogP contribution < -0.4 is 5.32 Å². The van der Waals surface area contributed by atoms with E-state index in [1.165, 1.54) is 18.2 Å². The molecule has 0 atom stereocenters. The molecule has 0 aliphatic rings. The smallest absolute Gasteiger partial charge is 0.338 e. The number of carbonyl (C=O) groups is 2. The van der Waals surface area contributed by atoms with E-state index in [0.717, 1.165) is 6.07 Å². The summed E-state index contributed by atoms with van der Waals surface area (Å²) in [6.07, 6.45) is 0. The fourth-order valence-electron chi connectivity index (χ4n) is 1.89. The second kappa shape index (κ2) is 5.93. The Morgan fingerprint density at radius 3 is 2.57 bits per heavy atom. The standard InChI is InChI=1S/C15H11ClFNO3/c1-8-3-2-4-12(13(8)15(20)21)18-14(19)9-5-6-11(17)10(16)7-9/h2-7H,1H3,(H,18,19)(H,20,21). The molecule has 0 fully saturated rings.